The zero-order valence-electron chi connectivity index (χ0n) is 20.1. The summed E-state index contributed by atoms with van der Waals surface area (Å²) in [7, 11) is 1.31. The molecule has 2 saturated carbocycles. The second-order valence-corrected chi connectivity index (χ2v) is 10.3. The van der Waals surface area contributed by atoms with E-state index in [1.165, 1.54) is 20.3 Å². The Morgan fingerprint density at radius 2 is 1.91 bits per heavy atom. The van der Waals surface area contributed by atoms with Crippen LogP contribution in [-0.4, -0.2) is 36.9 Å². The molecule has 0 unspecified atom stereocenters. The summed E-state index contributed by atoms with van der Waals surface area (Å²) in [6.07, 6.45) is 6.45. The molecule has 0 radical (unpaired) electrons. The molecule has 0 spiro atoms. The lowest BCUT2D eigenvalue weighted by Crippen LogP contribution is -2.70. The van der Waals surface area contributed by atoms with Crippen molar-refractivity contribution >= 4 is 23.7 Å². The number of Topliss-reactive ketones (excluding diaryl/α,β-unsaturated/α-hetero) is 1. The number of furan rings is 1. The summed E-state index contributed by atoms with van der Waals surface area (Å²) in [5.74, 6) is -0.279. The largest absolute Gasteiger partial charge is 0.469 e. The van der Waals surface area contributed by atoms with Gasteiger partial charge in [-0.15, -0.1) is 6.42 Å². The normalized spacial score (nSPS) is 39.2. The summed E-state index contributed by atoms with van der Waals surface area (Å²) < 4.78 is 21.7. The molecule has 7 atom stereocenters. The zero-order chi connectivity index (χ0) is 25.1. The van der Waals surface area contributed by atoms with Crippen molar-refractivity contribution in [2.75, 3.05) is 7.11 Å². The monoisotopic (exact) mass is 470 g/mol. The van der Waals surface area contributed by atoms with Gasteiger partial charge in [-0.25, -0.2) is 0 Å². The minimum absolute atomic E-state index is 0.0504. The van der Waals surface area contributed by atoms with Gasteiger partial charge in [0.25, 0.3) is 0 Å². The van der Waals surface area contributed by atoms with Crippen LogP contribution in [0.5, 0.6) is 0 Å². The van der Waals surface area contributed by atoms with Crippen molar-refractivity contribution in [2.24, 2.45) is 28.1 Å². The third kappa shape index (κ3) is 3.05. The molecule has 0 aromatic carbocycles. The van der Waals surface area contributed by atoms with Crippen molar-refractivity contribution < 1.29 is 37.8 Å². The van der Waals surface area contributed by atoms with Crippen molar-refractivity contribution in [3.8, 4) is 12.3 Å². The average molecular weight is 471 g/mol. The van der Waals surface area contributed by atoms with E-state index >= 15 is 0 Å². The summed E-state index contributed by atoms with van der Waals surface area (Å²) in [6.45, 7) is 6.86. The van der Waals surface area contributed by atoms with Gasteiger partial charge in [0.2, 0.25) is 0 Å². The number of terminal acetylenes is 1. The van der Waals surface area contributed by atoms with E-state index in [9.17, 15) is 19.2 Å². The highest BCUT2D eigenvalue weighted by Gasteiger charge is 2.74. The van der Waals surface area contributed by atoms with Crippen LogP contribution in [0.4, 0.5) is 0 Å². The topological polar surface area (TPSA) is 109 Å². The fourth-order valence-electron chi connectivity index (χ4n) is 7.04. The van der Waals surface area contributed by atoms with E-state index in [0.717, 1.165) is 0 Å². The number of cyclic esters (lactones) is 1. The number of rotatable bonds is 3. The fourth-order valence-corrected chi connectivity index (χ4v) is 7.04. The summed E-state index contributed by atoms with van der Waals surface area (Å²) in [6, 6.07) is 1.67. The van der Waals surface area contributed by atoms with Crippen LogP contribution in [0.15, 0.2) is 16.7 Å². The molecule has 1 aromatic heterocycles. The Balaban J connectivity index is 1.87. The maximum absolute atomic E-state index is 14.1. The molecule has 3 fully saturated rings. The molecule has 0 N–H and O–H groups in total. The molecule has 1 aliphatic heterocycles. The van der Waals surface area contributed by atoms with E-state index in [1.54, 1.807) is 13.0 Å². The highest BCUT2D eigenvalue weighted by Crippen LogP contribution is 2.71. The Morgan fingerprint density at radius 1 is 1.21 bits per heavy atom. The molecule has 8 heteroatoms. The number of ketones is 1. The number of methoxy groups -OCH3 is 1. The van der Waals surface area contributed by atoms with Gasteiger partial charge in [-0.2, -0.15) is 0 Å². The molecule has 182 valence electrons. The summed E-state index contributed by atoms with van der Waals surface area (Å²) in [5, 5.41) is 0. The lowest BCUT2D eigenvalue weighted by atomic mass is 9.36. The minimum Gasteiger partial charge on any atom is -0.469 e. The number of hydrogen-bond acceptors (Lipinski definition) is 8. The third-order valence-electron chi connectivity index (χ3n) is 9.13. The first-order chi connectivity index (χ1) is 15.9. The Bertz CT molecular complexity index is 1090. The van der Waals surface area contributed by atoms with Gasteiger partial charge in [0.05, 0.1) is 25.2 Å². The van der Waals surface area contributed by atoms with Gasteiger partial charge < -0.3 is 18.6 Å². The molecule has 3 aliphatic rings. The molecule has 0 amide bonds. The predicted octanol–water partition coefficient (Wildman–Crippen LogP) is 3.37. The second kappa shape index (κ2) is 8.00. The van der Waals surface area contributed by atoms with Crippen LogP contribution in [0.1, 0.15) is 70.8 Å². The third-order valence-corrected chi connectivity index (χ3v) is 9.13. The van der Waals surface area contributed by atoms with Crippen LogP contribution in [0, 0.1) is 40.4 Å². The van der Waals surface area contributed by atoms with Gasteiger partial charge >= 0.3 is 17.9 Å². The van der Waals surface area contributed by atoms with Crippen LogP contribution in [0.2, 0.25) is 0 Å². The van der Waals surface area contributed by atoms with Gasteiger partial charge in [0.15, 0.2) is 17.6 Å². The quantitative estimate of drug-likeness (QED) is 0.376. The predicted molar refractivity (Wildman–Crippen MR) is 118 cm³/mol. The van der Waals surface area contributed by atoms with Crippen LogP contribution in [0.3, 0.4) is 0 Å². The van der Waals surface area contributed by atoms with E-state index in [2.05, 4.69) is 5.92 Å². The number of carbonyl (C=O) groups is 4. The number of carbonyl (C=O) groups excluding carboxylic acids is 4. The Labute approximate surface area is 198 Å². The maximum Gasteiger partial charge on any atom is 0.310 e. The summed E-state index contributed by atoms with van der Waals surface area (Å²) in [5.41, 5.74) is -2.37. The molecular formula is C26H30O8. The van der Waals surface area contributed by atoms with E-state index in [0.29, 0.717) is 24.8 Å². The minimum atomic E-state index is -1.20. The SMILES string of the molecule is C#Cc1occc1[C@@H]1C[C@@]2(C)[C@@H](CC[C@@]3(C)[C@H](C(=O)OC)C[C@H](OC(C)=O)C(=O)[C@@]32C)C(=O)O1. The fraction of sp³-hybridized carbons (Fsp3) is 0.615. The van der Waals surface area contributed by atoms with Gasteiger partial charge in [0.1, 0.15) is 6.10 Å². The van der Waals surface area contributed by atoms with Crippen molar-refractivity contribution in [1.29, 1.82) is 0 Å². The lowest BCUT2D eigenvalue weighted by molar-refractivity contribution is -0.235. The maximum atomic E-state index is 14.1. The smallest absolute Gasteiger partial charge is 0.310 e. The standard InChI is InChI=1S/C26H30O8/c1-7-18-15(9-11-32-18)20-13-25(4)16(23(30)34-20)8-10-24(3)17(22(29)31-6)12-19(33-14(2)27)21(28)26(24,25)5/h1,9,11,16-17,19-20H,8,10,12-13H2,2-6H3/t16-,17-,19-,20-,24-,25-,26-/m0/s1. The summed E-state index contributed by atoms with van der Waals surface area (Å²) >= 11 is 0. The lowest BCUT2D eigenvalue weighted by Gasteiger charge is -2.67. The van der Waals surface area contributed by atoms with Crippen LogP contribution in [-0.2, 0) is 33.4 Å². The molecule has 2 aliphatic carbocycles. The van der Waals surface area contributed by atoms with Gasteiger partial charge in [-0.3, -0.25) is 19.2 Å². The Kier molecular flexibility index (Phi) is 5.66. The number of hydrogen-bond donors (Lipinski definition) is 0. The second-order valence-electron chi connectivity index (χ2n) is 10.3. The molecule has 8 nitrogen and oxygen atoms in total. The van der Waals surface area contributed by atoms with E-state index in [4.69, 9.17) is 25.1 Å². The van der Waals surface area contributed by atoms with Crippen molar-refractivity contribution in [1.82, 2.24) is 0 Å². The highest BCUT2D eigenvalue weighted by molar-refractivity contribution is 5.96. The molecule has 4 rings (SSSR count). The molecule has 0 bridgehead atoms. The van der Waals surface area contributed by atoms with E-state index in [-0.39, 0.29) is 18.0 Å². The van der Waals surface area contributed by atoms with E-state index in [1.807, 2.05) is 13.8 Å². The average Bonchev–Trinajstić information content (AvgIpc) is 3.26. The zero-order valence-corrected chi connectivity index (χ0v) is 20.1. The molecule has 1 saturated heterocycles. The van der Waals surface area contributed by atoms with Crippen molar-refractivity contribution in [3.05, 3.63) is 23.7 Å². The van der Waals surface area contributed by atoms with Crippen molar-refractivity contribution in [3.63, 3.8) is 0 Å². The first-order valence-electron chi connectivity index (χ1n) is 11.5. The summed E-state index contributed by atoms with van der Waals surface area (Å²) in [4.78, 5) is 52.3. The first-order valence-corrected chi connectivity index (χ1v) is 11.5. The molecule has 1 aromatic rings. The molecular weight excluding hydrogens is 440 g/mol. The van der Waals surface area contributed by atoms with Crippen LogP contribution < -0.4 is 0 Å². The first kappa shape index (κ1) is 24.1. The van der Waals surface area contributed by atoms with Crippen LogP contribution in [0.25, 0.3) is 0 Å². The van der Waals surface area contributed by atoms with Crippen LogP contribution >= 0.6 is 0 Å². The van der Waals surface area contributed by atoms with Gasteiger partial charge in [-0.1, -0.05) is 20.8 Å². The highest BCUT2D eigenvalue weighted by atomic mass is 16.6. The Morgan fingerprint density at radius 3 is 2.53 bits per heavy atom. The van der Waals surface area contributed by atoms with E-state index < -0.39 is 58.2 Å². The van der Waals surface area contributed by atoms with Gasteiger partial charge in [-0.05, 0) is 42.1 Å². The number of fused-ring (bicyclic) bond motifs is 3. The Hall–Kier alpha value is -3.08. The number of ether oxygens (including phenoxy) is 3. The molecule has 34 heavy (non-hydrogen) atoms. The molecule has 2 heterocycles. The van der Waals surface area contributed by atoms with Gasteiger partial charge in [0, 0.05) is 24.3 Å². The number of esters is 3. The van der Waals surface area contributed by atoms with Crippen molar-refractivity contribution in [2.45, 2.75) is 65.6 Å².